The highest BCUT2D eigenvalue weighted by molar-refractivity contribution is 5.87. The van der Waals surface area contributed by atoms with Crippen LogP contribution < -0.4 is 21.2 Å². The molecule has 28 heavy (non-hydrogen) atoms. The highest BCUT2D eigenvalue weighted by Gasteiger charge is 2.24. The van der Waals surface area contributed by atoms with Crippen LogP contribution in [0.15, 0.2) is 70.8 Å². The highest BCUT2D eigenvalue weighted by atomic mass is 15.6. The Balaban J connectivity index is 0.000000162. The fourth-order valence-corrected chi connectivity index (χ4v) is 3.42. The van der Waals surface area contributed by atoms with Gasteiger partial charge < -0.3 is 5.73 Å². The number of hydrazine groups is 1. The summed E-state index contributed by atoms with van der Waals surface area (Å²) in [4.78, 5) is 4.41. The molecule has 2 aromatic rings. The lowest BCUT2D eigenvalue weighted by atomic mass is 10.2. The molecule has 0 amide bonds. The van der Waals surface area contributed by atoms with Gasteiger partial charge in [0.05, 0.1) is 23.5 Å². The molecule has 2 atom stereocenters. The number of nitrogens with two attached hydrogens (primary N) is 1. The highest BCUT2D eigenvalue weighted by Crippen LogP contribution is 2.22. The Morgan fingerprint density at radius 1 is 0.964 bits per heavy atom. The molecule has 1 saturated heterocycles. The van der Waals surface area contributed by atoms with Crippen molar-refractivity contribution >= 4 is 23.0 Å². The quantitative estimate of drug-likeness (QED) is 0.853. The molecule has 3 N–H and O–H groups in total. The number of nitrogens with one attached hydrogen (secondary N) is 1. The van der Waals surface area contributed by atoms with Crippen molar-refractivity contribution in [2.45, 2.75) is 45.7 Å². The van der Waals surface area contributed by atoms with Crippen molar-refractivity contribution in [2.24, 2.45) is 15.8 Å². The third-order valence-corrected chi connectivity index (χ3v) is 4.74. The Labute approximate surface area is 167 Å². The second kappa shape index (κ2) is 9.26. The zero-order valence-corrected chi connectivity index (χ0v) is 16.9. The van der Waals surface area contributed by atoms with Crippen LogP contribution in [0.2, 0.25) is 0 Å². The average molecular weight is 379 g/mol. The molecule has 0 radical (unpaired) electrons. The standard InChI is InChI=1S/C12H17N3.C10H13N3/c1-3-13-12-9-10(2)15(14-12)11-7-5-4-6-8-11;1-8-7-10(11)12-13(8)9-5-3-2-4-6-9/h4-8,10H,3,9H2,1-2H3,(H,13,14);2-6,8H,7H2,1H3,(H2,11,12). The summed E-state index contributed by atoms with van der Waals surface area (Å²) in [5, 5.41) is 8.41. The molecule has 4 rings (SSSR count). The SMILES string of the molecule is CC1CC(N)=NN1c1ccccc1.CCN=C1CC(C)N(c2ccccc2)N1. The van der Waals surface area contributed by atoms with Crippen LogP contribution in [0.4, 0.5) is 11.4 Å². The van der Waals surface area contributed by atoms with Gasteiger partial charge in [-0.2, -0.15) is 5.10 Å². The van der Waals surface area contributed by atoms with Crippen molar-refractivity contribution in [3.63, 3.8) is 0 Å². The van der Waals surface area contributed by atoms with E-state index >= 15 is 0 Å². The zero-order valence-electron chi connectivity index (χ0n) is 16.9. The number of benzene rings is 2. The number of hydrogen-bond acceptors (Lipinski definition) is 5. The predicted octanol–water partition coefficient (Wildman–Crippen LogP) is 3.77. The molecule has 2 aromatic carbocycles. The topological polar surface area (TPSA) is 69.2 Å². The second-order valence-electron chi connectivity index (χ2n) is 7.12. The Kier molecular flexibility index (Phi) is 6.53. The van der Waals surface area contributed by atoms with Gasteiger partial charge in [0, 0.05) is 19.4 Å². The fraction of sp³-hybridized carbons (Fsp3) is 0.364. The van der Waals surface area contributed by atoms with Crippen LogP contribution in [0.1, 0.15) is 33.6 Å². The molecule has 6 nitrogen and oxygen atoms in total. The largest absolute Gasteiger partial charge is 0.386 e. The van der Waals surface area contributed by atoms with Crippen molar-refractivity contribution in [3.8, 4) is 0 Å². The van der Waals surface area contributed by atoms with Crippen LogP contribution in [-0.4, -0.2) is 30.3 Å². The predicted molar refractivity (Wildman–Crippen MR) is 119 cm³/mol. The minimum absolute atomic E-state index is 0.377. The van der Waals surface area contributed by atoms with E-state index in [9.17, 15) is 0 Å². The summed E-state index contributed by atoms with van der Waals surface area (Å²) in [5.41, 5.74) is 11.3. The van der Waals surface area contributed by atoms with Gasteiger partial charge >= 0.3 is 0 Å². The molecule has 2 unspecified atom stereocenters. The smallest absolute Gasteiger partial charge is 0.122 e. The number of amidine groups is 2. The van der Waals surface area contributed by atoms with Crippen LogP contribution in [-0.2, 0) is 0 Å². The number of hydrogen-bond donors (Lipinski definition) is 2. The summed E-state index contributed by atoms with van der Waals surface area (Å²) >= 11 is 0. The summed E-state index contributed by atoms with van der Waals surface area (Å²) in [6.45, 7) is 7.23. The van der Waals surface area contributed by atoms with Crippen molar-refractivity contribution in [3.05, 3.63) is 60.7 Å². The van der Waals surface area contributed by atoms with Crippen LogP contribution >= 0.6 is 0 Å². The summed E-state index contributed by atoms with van der Waals surface area (Å²) < 4.78 is 0. The third kappa shape index (κ3) is 4.82. The van der Waals surface area contributed by atoms with Crippen molar-refractivity contribution in [1.82, 2.24) is 5.43 Å². The van der Waals surface area contributed by atoms with Crippen molar-refractivity contribution in [2.75, 3.05) is 16.6 Å². The first-order valence-electron chi connectivity index (χ1n) is 9.90. The van der Waals surface area contributed by atoms with E-state index < -0.39 is 0 Å². The van der Waals surface area contributed by atoms with Crippen molar-refractivity contribution in [1.29, 1.82) is 0 Å². The average Bonchev–Trinajstić information content (AvgIpc) is 3.25. The van der Waals surface area contributed by atoms with Gasteiger partial charge in [-0.15, -0.1) is 0 Å². The van der Waals surface area contributed by atoms with Crippen LogP contribution in [0.3, 0.4) is 0 Å². The van der Waals surface area contributed by atoms with Gasteiger partial charge in [-0.1, -0.05) is 36.4 Å². The van der Waals surface area contributed by atoms with Gasteiger partial charge in [-0.25, -0.2) is 0 Å². The lowest BCUT2D eigenvalue weighted by Crippen LogP contribution is -2.37. The number of nitrogens with zero attached hydrogens (tertiary/aromatic N) is 4. The minimum atomic E-state index is 0.377. The molecule has 0 saturated carbocycles. The van der Waals surface area contributed by atoms with Crippen LogP contribution in [0.5, 0.6) is 0 Å². The van der Waals surface area contributed by atoms with Crippen LogP contribution in [0.25, 0.3) is 0 Å². The molecule has 0 bridgehead atoms. The molecule has 2 heterocycles. The van der Waals surface area contributed by atoms with Gasteiger partial charge in [0.2, 0.25) is 0 Å². The molecular formula is C22H30N6. The Hall–Kier alpha value is -3.02. The maximum atomic E-state index is 5.66. The molecule has 148 valence electrons. The van der Waals surface area contributed by atoms with Gasteiger partial charge in [-0.05, 0) is 45.0 Å². The number of anilines is 2. The maximum absolute atomic E-state index is 5.66. The molecule has 2 aliphatic heterocycles. The van der Waals surface area contributed by atoms with Gasteiger partial charge in [0.15, 0.2) is 0 Å². The number of aliphatic imine (C=N–C) groups is 1. The molecule has 0 aromatic heterocycles. The lowest BCUT2D eigenvalue weighted by molar-refractivity contribution is 0.700. The third-order valence-electron chi connectivity index (χ3n) is 4.74. The summed E-state index contributed by atoms with van der Waals surface area (Å²) in [7, 11) is 0. The first kappa shape index (κ1) is 19.7. The summed E-state index contributed by atoms with van der Waals surface area (Å²) in [5.74, 6) is 1.81. The first-order chi connectivity index (χ1) is 13.6. The van der Waals surface area contributed by atoms with E-state index in [1.807, 2.05) is 41.4 Å². The number of hydrazone groups is 1. The monoisotopic (exact) mass is 378 g/mol. The molecule has 0 spiro atoms. The molecule has 6 heteroatoms. The number of para-hydroxylation sites is 2. The van der Waals surface area contributed by atoms with E-state index in [0.717, 1.165) is 36.7 Å². The summed E-state index contributed by atoms with van der Waals surface area (Å²) in [6, 6.07) is 21.3. The Morgan fingerprint density at radius 2 is 1.57 bits per heavy atom. The van der Waals surface area contributed by atoms with Gasteiger partial charge in [0.25, 0.3) is 0 Å². The molecule has 0 aliphatic carbocycles. The Bertz CT molecular complexity index is 802. The van der Waals surface area contributed by atoms with Gasteiger partial charge in [-0.3, -0.25) is 20.4 Å². The maximum Gasteiger partial charge on any atom is 0.122 e. The van der Waals surface area contributed by atoms with Gasteiger partial charge in [0.1, 0.15) is 11.7 Å². The van der Waals surface area contributed by atoms with E-state index in [2.05, 4.69) is 65.6 Å². The normalized spacial score (nSPS) is 22.5. The number of rotatable bonds is 3. The summed E-state index contributed by atoms with van der Waals surface area (Å²) in [6.07, 6.45) is 1.86. The van der Waals surface area contributed by atoms with E-state index in [1.54, 1.807) is 0 Å². The molecule has 1 fully saturated rings. The van der Waals surface area contributed by atoms with E-state index in [0.29, 0.717) is 12.1 Å². The Morgan fingerprint density at radius 3 is 2.11 bits per heavy atom. The second-order valence-corrected chi connectivity index (χ2v) is 7.12. The molecular weight excluding hydrogens is 348 g/mol. The van der Waals surface area contributed by atoms with Crippen molar-refractivity contribution < 1.29 is 0 Å². The fourth-order valence-electron chi connectivity index (χ4n) is 3.42. The van der Waals surface area contributed by atoms with E-state index in [-0.39, 0.29) is 0 Å². The lowest BCUT2D eigenvalue weighted by Gasteiger charge is -2.22. The van der Waals surface area contributed by atoms with E-state index in [4.69, 9.17) is 5.73 Å². The zero-order chi connectivity index (χ0) is 19.9. The first-order valence-corrected chi connectivity index (χ1v) is 9.90. The minimum Gasteiger partial charge on any atom is -0.386 e. The van der Waals surface area contributed by atoms with Crippen LogP contribution in [0, 0.1) is 0 Å². The molecule has 2 aliphatic rings. The van der Waals surface area contributed by atoms with E-state index in [1.165, 1.54) is 5.69 Å².